The van der Waals surface area contributed by atoms with E-state index in [0.29, 0.717) is 6.04 Å². The zero-order valence-corrected chi connectivity index (χ0v) is 12.2. The molecule has 0 bridgehead atoms. The molecule has 1 fully saturated rings. The van der Waals surface area contributed by atoms with Gasteiger partial charge >= 0.3 is 0 Å². The topological polar surface area (TPSA) is 41.8 Å². The first-order valence-electron chi connectivity index (χ1n) is 7.22. The van der Waals surface area contributed by atoms with Crippen molar-refractivity contribution in [1.82, 2.24) is 14.7 Å². The molecule has 5 heteroatoms. The van der Waals surface area contributed by atoms with Gasteiger partial charge in [0.1, 0.15) is 5.65 Å². The quantitative estimate of drug-likeness (QED) is 0.921. The lowest BCUT2D eigenvalue weighted by Gasteiger charge is -2.32. The van der Waals surface area contributed by atoms with Gasteiger partial charge in [-0.05, 0) is 32.0 Å². The van der Waals surface area contributed by atoms with E-state index in [9.17, 15) is 0 Å². The Labute approximate surface area is 119 Å². The van der Waals surface area contributed by atoms with Crippen molar-refractivity contribution in [2.24, 2.45) is 0 Å². The normalized spacial score (nSPS) is 16.7. The average molecular weight is 274 g/mol. The van der Waals surface area contributed by atoms with E-state index in [-0.39, 0.29) is 0 Å². The summed E-state index contributed by atoms with van der Waals surface area (Å²) in [6.07, 6.45) is 4.23. The molecule has 2 aromatic rings. The molecule has 108 valence electrons. The summed E-state index contributed by atoms with van der Waals surface area (Å²) in [5.41, 5.74) is 2.23. The molecule has 0 amide bonds. The number of nitrogens with one attached hydrogen (secondary N) is 1. The zero-order valence-electron chi connectivity index (χ0n) is 12.2. The second-order valence-electron chi connectivity index (χ2n) is 5.30. The highest BCUT2D eigenvalue weighted by molar-refractivity contribution is 5.56. The van der Waals surface area contributed by atoms with Crippen LogP contribution >= 0.6 is 0 Å². The minimum absolute atomic E-state index is 0.518. The van der Waals surface area contributed by atoms with Gasteiger partial charge in [-0.1, -0.05) is 6.07 Å². The van der Waals surface area contributed by atoms with Crippen molar-refractivity contribution in [3.63, 3.8) is 0 Å². The third-order valence-electron chi connectivity index (χ3n) is 4.02. The summed E-state index contributed by atoms with van der Waals surface area (Å²) in [6, 6.07) is 6.65. The van der Waals surface area contributed by atoms with E-state index < -0.39 is 0 Å². The maximum atomic E-state index is 5.46. The van der Waals surface area contributed by atoms with Crippen LogP contribution in [0.2, 0.25) is 0 Å². The standard InChI is InChI=1S/C15H22N4O/c1-16-11-13-15(17-14-5-3-4-8-19(13)14)18(2)12-6-9-20-10-7-12/h3-5,8,12,16H,6-7,9-11H2,1-2H3. The summed E-state index contributed by atoms with van der Waals surface area (Å²) >= 11 is 0. The predicted molar refractivity (Wildman–Crippen MR) is 80.2 cm³/mol. The van der Waals surface area contributed by atoms with Crippen molar-refractivity contribution in [3.05, 3.63) is 30.1 Å². The van der Waals surface area contributed by atoms with Gasteiger partial charge in [0.2, 0.25) is 0 Å². The van der Waals surface area contributed by atoms with E-state index in [2.05, 4.69) is 33.9 Å². The molecule has 0 aliphatic carbocycles. The molecule has 1 saturated heterocycles. The van der Waals surface area contributed by atoms with Gasteiger partial charge < -0.3 is 19.4 Å². The lowest BCUT2D eigenvalue weighted by atomic mass is 10.1. The molecule has 0 aromatic carbocycles. The highest BCUT2D eigenvalue weighted by atomic mass is 16.5. The fraction of sp³-hybridized carbons (Fsp3) is 0.533. The van der Waals surface area contributed by atoms with Crippen LogP contribution in [0, 0.1) is 0 Å². The third kappa shape index (κ3) is 2.39. The average Bonchev–Trinajstić information content (AvgIpc) is 2.87. The molecule has 3 rings (SSSR count). The van der Waals surface area contributed by atoms with Gasteiger partial charge in [-0.2, -0.15) is 0 Å². The Bertz CT molecular complexity index is 574. The van der Waals surface area contributed by atoms with E-state index in [0.717, 1.165) is 44.1 Å². The van der Waals surface area contributed by atoms with Crippen molar-refractivity contribution < 1.29 is 4.74 Å². The molecular weight excluding hydrogens is 252 g/mol. The number of rotatable bonds is 4. The van der Waals surface area contributed by atoms with Crippen LogP contribution in [-0.2, 0) is 11.3 Å². The molecule has 1 aliphatic rings. The van der Waals surface area contributed by atoms with Crippen LogP contribution < -0.4 is 10.2 Å². The zero-order chi connectivity index (χ0) is 13.9. The lowest BCUT2D eigenvalue weighted by molar-refractivity contribution is 0.0853. The molecule has 2 aromatic heterocycles. The monoisotopic (exact) mass is 274 g/mol. The molecule has 1 N–H and O–H groups in total. The van der Waals surface area contributed by atoms with E-state index in [4.69, 9.17) is 9.72 Å². The first-order valence-corrected chi connectivity index (χ1v) is 7.22. The van der Waals surface area contributed by atoms with E-state index in [1.807, 2.05) is 19.2 Å². The van der Waals surface area contributed by atoms with Gasteiger partial charge in [0.25, 0.3) is 0 Å². The molecule has 0 atom stereocenters. The van der Waals surface area contributed by atoms with Crippen LogP contribution in [-0.4, -0.2) is 42.7 Å². The van der Waals surface area contributed by atoms with Crippen molar-refractivity contribution in [2.45, 2.75) is 25.4 Å². The first kappa shape index (κ1) is 13.4. The second kappa shape index (κ2) is 5.81. The molecule has 20 heavy (non-hydrogen) atoms. The van der Waals surface area contributed by atoms with Crippen LogP contribution in [0.1, 0.15) is 18.5 Å². The summed E-state index contributed by atoms with van der Waals surface area (Å²) in [5, 5.41) is 3.25. The molecular formula is C15H22N4O. The largest absolute Gasteiger partial charge is 0.381 e. The number of anilines is 1. The third-order valence-corrected chi connectivity index (χ3v) is 4.02. The number of nitrogens with zero attached hydrogens (tertiary/aromatic N) is 3. The number of imidazole rings is 1. The predicted octanol–water partition coefficient (Wildman–Crippen LogP) is 1.67. The van der Waals surface area contributed by atoms with Crippen LogP contribution in [0.15, 0.2) is 24.4 Å². The maximum Gasteiger partial charge on any atom is 0.152 e. The first-order chi connectivity index (χ1) is 9.81. The highest BCUT2D eigenvalue weighted by Crippen LogP contribution is 2.25. The number of aromatic nitrogens is 2. The summed E-state index contributed by atoms with van der Waals surface area (Å²) in [6.45, 7) is 2.52. The van der Waals surface area contributed by atoms with Gasteiger partial charge in [0.05, 0.1) is 5.69 Å². The highest BCUT2D eigenvalue weighted by Gasteiger charge is 2.23. The Morgan fingerprint density at radius 2 is 2.20 bits per heavy atom. The second-order valence-corrected chi connectivity index (χ2v) is 5.30. The number of hydrogen-bond donors (Lipinski definition) is 1. The molecule has 0 spiro atoms. The van der Waals surface area contributed by atoms with Gasteiger partial charge in [-0.25, -0.2) is 4.98 Å². The molecule has 0 saturated carbocycles. The number of pyridine rings is 1. The van der Waals surface area contributed by atoms with Crippen LogP contribution in [0.5, 0.6) is 0 Å². The summed E-state index contributed by atoms with van der Waals surface area (Å²) < 4.78 is 7.63. The van der Waals surface area contributed by atoms with Gasteiger partial charge in [0, 0.05) is 39.0 Å². The number of fused-ring (bicyclic) bond motifs is 1. The summed E-state index contributed by atoms with van der Waals surface area (Å²) in [4.78, 5) is 7.14. The Kier molecular flexibility index (Phi) is 3.89. The van der Waals surface area contributed by atoms with Crippen molar-refractivity contribution in [1.29, 1.82) is 0 Å². The molecule has 5 nitrogen and oxygen atoms in total. The van der Waals surface area contributed by atoms with Gasteiger partial charge in [0.15, 0.2) is 5.82 Å². The smallest absolute Gasteiger partial charge is 0.152 e. The fourth-order valence-corrected chi connectivity index (χ4v) is 2.89. The Morgan fingerprint density at radius 3 is 2.95 bits per heavy atom. The van der Waals surface area contributed by atoms with Crippen molar-refractivity contribution in [3.8, 4) is 0 Å². The van der Waals surface area contributed by atoms with Crippen LogP contribution in [0.3, 0.4) is 0 Å². The fourth-order valence-electron chi connectivity index (χ4n) is 2.89. The van der Waals surface area contributed by atoms with Crippen molar-refractivity contribution in [2.75, 3.05) is 32.2 Å². The summed E-state index contributed by atoms with van der Waals surface area (Å²) in [7, 11) is 4.12. The van der Waals surface area contributed by atoms with Crippen LogP contribution in [0.25, 0.3) is 5.65 Å². The van der Waals surface area contributed by atoms with Crippen molar-refractivity contribution >= 4 is 11.5 Å². The maximum absolute atomic E-state index is 5.46. The summed E-state index contributed by atoms with van der Waals surface area (Å²) in [5.74, 6) is 1.08. The molecule has 3 heterocycles. The minimum Gasteiger partial charge on any atom is -0.381 e. The molecule has 1 aliphatic heterocycles. The Morgan fingerprint density at radius 1 is 1.40 bits per heavy atom. The van der Waals surface area contributed by atoms with Gasteiger partial charge in [-0.15, -0.1) is 0 Å². The molecule has 0 radical (unpaired) electrons. The number of ether oxygens (including phenoxy) is 1. The lowest BCUT2D eigenvalue weighted by Crippen LogP contribution is -2.37. The SMILES string of the molecule is CNCc1c(N(C)C2CCOCC2)nc2ccccn12. The van der Waals surface area contributed by atoms with Gasteiger partial charge in [-0.3, -0.25) is 0 Å². The van der Waals surface area contributed by atoms with Crippen LogP contribution in [0.4, 0.5) is 5.82 Å². The Hall–Kier alpha value is -1.59. The van der Waals surface area contributed by atoms with E-state index in [1.54, 1.807) is 0 Å². The number of hydrogen-bond acceptors (Lipinski definition) is 4. The molecule has 0 unspecified atom stereocenters. The van der Waals surface area contributed by atoms with E-state index in [1.165, 1.54) is 5.69 Å². The minimum atomic E-state index is 0.518. The Balaban J connectivity index is 1.98. The van der Waals surface area contributed by atoms with E-state index >= 15 is 0 Å².